The zero-order valence-corrected chi connectivity index (χ0v) is 14.3. The molecule has 4 heterocycles. The lowest BCUT2D eigenvalue weighted by atomic mass is 10.1. The number of pyridine rings is 2. The Hall–Kier alpha value is -2.96. The van der Waals surface area contributed by atoms with Crippen LogP contribution >= 0.6 is 0 Å². The molecule has 7 heteroatoms. The molecule has 0 spiro atoms. The van der Waals surface area contributed by atoms with Gasteiger partial charge in [-0.1, -0.05) is 6.07 Å². The Morgan fingerprint density at radius 3 is 3.04 bits per heavy atom. The molecular formula is C18H20N6O. The van der Waals surface area contributed by atoms with Crippen LogP contribution in [-0.4, -0.2) is 37.2 Å². The summed E-state index contributed by atoms with van der Waals surface area (Å²) in [7, 11) is 1.86. The van der Waals surface area contributed by atoms with E-state index in [0.29, 0.717) is 5.69 Å². The Labute approximate surface area is 145 Å². The summed E-state index contributed by atoms with van der Waals surface area (Å²) in [5.74, 6) is 0. The lowest BCUT2D eigenvalue weighted by molar-refractivity contribution is 0.207. The Morgan fingerprint density at radius 2 is 2.24 bits per heavy atom. The van der Waals surface area contributed by atoms with Crippen molar-refractivity contribution in [3.8, 4) is 0 Å². The second-order valence-electron chi connectivity index (χ2n) is 6.37. The number of aromatic nitrogens is 4. The predicted octanol–water partition coefficient (Wildman–Crippen LogP) is 3.04. The molecule has 3 aromatic rings. The summed E-state index contributed by atoms with van der Waals surface area (Å²) in [4.78, 5) is 23.2. The third-order valence-electron chi connectivity index (χ3n) is 4.70. The Bertz CT molecular complexity index is 920. The summed E-state index contributed by atoms with van der Waals surface area (Å²) >= 11 is 0. The topological polar surface area (TPSA) is 75.9 Å². The molecule has 128 valence electrons. The van der Waals surface area contributed by atoms with Gasteiger partial charge in [0.15, 0.2) is 5.65 Å². The fourth-order valence-corrected chi connectivity index (χ4v) is 3.50. The molecule has 2 amide bonds. The zero-order chi connectivity index (χ0) is 17.4. The summed E-state index contributed by atoms with van der Waals surface area (Å²) in [6.45, 7) is 2.68. The lowest BCUT2D eigenvalue weighted by Gasteiger charge is -2.25. The van der Waals surface area contributed by atoms with Crippen LogP contribution in [0, 0.1) is 6.92 Å². The van der Waals surface area contributed by atoms with Gasteiger partial charge in [-0.05, 0) is 37.5 Å². The Balaban J connectivity index is 1.56. The van der Waals surface area contributed by atoms with Crippen LogP contribution in [0.15, 0.2) is 36.8 Å². The quantitative estimate of drug-likeness (QED) is 0.780. The number of hydrogen-bond donors (Lipinski definition) is 1. The minimum absolute atomic E-state index is 0.0746. The minimum atomic E-state index is -0.103. The van der Waals surface area contributed by atoms with Crippen LogP contribution in [0.25, 0.3) is 11.0 Å². The fraction of sp³-hybridized carbons (Fsp3) is 0.333. The van der Waals surface area contributed by atoms with Crippen molar-refractivity contribution in [3.63, 3.8) is 0 Å². The molecule has 0 saturated carbocycles. The number of likely N-dealkylation sites (tertiary alicyclic amines) is 1. The molecular weight excluding hydrogens is 316 g/mol. The van der Waals surface area contributed by atoms with Crippen molar-refractivity contribution >= 4 is 22.8 Å². The predicted molar refractivity (Wildman–Crippen MR) is 95.2 cm³/mol. The van der Waals surface area contributed by atoms with Crippen LogP contribution in [0.5, 0.6) is 0 Å². The van der Waals surface area contributed by atoms with E-state index in [1.54, 1.807) is 17.1 Å². The molecule has 1 atom stereocenters. The summed E-state index contributed by atoms with van der Waals surface area (Å²) in [6, 6.07) is 5.83. The fourth-order valence-electron chi connectivity index (χ4n) is 3.50. The first-order valence-corrected chi connectivity index (χ1v) is 8.40. The summed E-state index contributed by atoms with van der Waals surface area (Å²) in [6.07, 6.45) is 7.21. The lowest BCUT2D eigenvalue weighted by Crippen LogP contribution is -2.34. The van der Waals surface area contributed by atoms with Gasteiger partial charge in [-0.2, -0.15) is 5.10 Å². The number of nitrogens with one attached hydrogen (secondary N) is 1. The summed E-state index contributed by atoms with van der Waals surface area (Å²) < 4.78 is 1.75. The normalized spacial score (nSPS) is 17.2. The van der Waals surface area contributed by atoms with E-state index in [-0.39, 0.29) is 12.1 Å². The first-order valence-electron chi connectivity index (χ1n) is 8.40. The van der Waals surface area contributed by atoms with Gasteiger partial charge in [-0.25, -0.2) is 9.78 Å². The van der Waals surface area contributed by atoms with Gasteiger partial charge in [0, 0.05) is 31.4 Å². The zero-order valence-electron chi connectivity index (χ0n) is 14.3. The van der Waals surface area contributed by atoms with Crippen molar-refractivity contribution < 1.29 is 4.79 Å². The summed E-state index contributed by atoms with van der Waals surface area (Å²) in [5, 5.41) is 8.29. The van der Waals surface area contributed by atoms with Gasteiger partial charge in [-0.15, -0.1) is 0 Å². The van der Waals surface area contributed by atoms with E-state index in [4.69, 9.17) is 0 Å². The van der Waals surface area contributed by atoms with E-state index >= 15 is 0 Å². The largest absolute Gasteiger partial charge is 0.322 e. The maximum Gasteiger partial charge on any atom is 0.322 e. The van der Waals surface area contributed by atoms with Crippen LogP contribution in [0.3, 0.4) is 0 Å². The highest BCUT2D eigenvalue weighted by Gasteiger charge is 2.30. The third kappa shape index (κ3) is 2.82. The molecule has 25 heavy (non-hydrogen) atoms. The van der Waals surface area contributed by atoms with Gasteiger partial charge in [0.1, 0.15) is 0 Å². The SMILES string of the molecule is Cc1nn(C)c2ncc(NC(=O)N3CCCC3c3cccnc3)cc12. The van der Waals surface area contributed by atoms with Crippen LogP contribution in [-0.2, 0) is 7.05 Å². The molecule has 1 N–H and O–H groups in total. The van der Waals surface area contributed by atoms with Gasteiger partial charge < -0.3 is 10.2 Å². The molecule has 3 aromatic heterocycles. The number of carbonyl (C=O) groups is 1. The smallest absolute Gasteiger partial charge is 0.317 e. The van der Waals surface area contributed by atoms with Crippen LogP contribution < -0.4 is 5.32 Å². The standard InChI is InChI=1S/C18H20N6O/c1-12-15-9-14(11-20-17(15)23(2)22-12)21-18(25)24-8-4-6-16(24)13-5-3-7-19-10-13/h3,5,7,9-11,16H,4,6,8H2,1-2H3,(H,21,25). The summed E-state index contributed by atoms with van der Waals surface area (Å²) in [5.41, 5.74) is 3.47. The number of urea groups is 1. The number of amides is 2. The molecule has 0 aromatic carbocycles. The number of anilines is 1. The highest BCUT2D eigenvalue weighted by atomic mass is 16.2. The number of aryl methyl sites for hydroxylation is 2. The number of carbonyl (C=O) groups excluding carboxylic acids is 1. The van der Waals surface area contributed by atoms with Crippen molar-refractivity contribution in [3.05, 3.63) is 48.0 Å². The van der Waals surface area contributed by atoms with Crippen molar-refractivity contribution in [2.24, 2.45) is 7.05 Å². The number of fused-ring (bicyclic) bond motifs is 1. The average Bonchev–Trinajstić information content (AvgIpc) is 3.21. The second kappa shape index (κ2) is 6.16. The molecule has 7 nitrogen and oxygen atoms in total. The third-order valence-corrected chi connectivity index (χ3v) is 4.70. The number of nitrogens with zero attached hydrogens (tertiary/aromatic N) is 5. The number of hydrogen-bond acceptors (Lipinski definition) is 4. The molecule has 1 fully saturated rings. The van der Waals surface area contributed by atoms with E-state index in [1.165, 1.54) is 0 Å². The van der Waals surface area contributed by atoms with E-state index in [2.05, 4.69) is 20.4 Å². The maximum atomic E-state index is 12.8. The monoisotopic (exact) mass is 336 g/mol. The molecule has 4 rings (SSSR count). The van der Waals surface area contributed by atoms with E-state index in [9.17, 15) is 4.79 Å². The van der Waals surface area contributed by atoms with Crippen LogP contribution in [0.1, 0.15) is 30.1 Å². The van der Waals surface area contributed by atoms with Crippen LogP contribution in [0.4, 0.5) is 10.5 Å². The molecule has 1 unspecified atom stereocenters. The highest BCUT2D eigenvalue weighted by Crippen LogP contribution is 2.32. The van der Waals surface area contributed by atoms with E-state index in [1.807, 2.05) is 43.3 Å². The van der Waals surface area contributed by atoms with Crippen molar-refractivity contribution in [2.75, 3.05) is 11.9 Å². The Morgan fingerprint density at radius 1 is 1.36 bits per heavy atom. The highest BCUT2D eigenvalue weighted by molar-refractivity contribution is 5.92. The minimum Gasteiger partial charge on any atom is -0.317 e. The van der Waals surface area contributed by atoms with Gasteiger partial charge in [-0.3, -0.25) is 9.67 Å². The molecule has 0 bridgehead atoms. The van der Waals surface area contributed by atoms with Gasteiger partial charge in [0.05, 0.1) is 23.6 Å². The van der Waals surface area contributed by atoms with Crippen molar-refractivity contribution in [1.29, 1.82) is 0 Å². The Kier molecular flexibility index (Phi) is 3.83. The van der Waals surface area contributed by atoms with Gasteiger partial charge in [0.25, 0.3) is 0 Å². The van der Waals surface area contributed by atoms with Crippen molar-refractivity contribution in [2.45, 2.75) is 25.8 Å². The molecule has 1 aliphatic rings. The maximum absolute atomic E-state index is 12.8. The van der Waals surface area contributed by atoms with Gasteiger partial charge in [0.2, 0.25) is 0 Å². The molecule has 0 aliphatic carbocycles. The average molecular weight is 336 g/mol. The molecule has 0 radical (unpaired) electrons. The van der Waals surface area contributed by atoms with Crippen LogP contribution in [0.2, 0.25) is 0 Å². The van der Waals surface area contributed by atoms with E-state index in [0.717, 1.165) is 41.7 Å². The van der Waals surface area contributed by atoms with Gasteiger partial charge >= 0.3 is 6.03 Å². The number of rotatable bonds is 2. The molecule has 1 saturated heterocycles. The van der Waals surface area contributed by atoms with E-state index < -0.39 is 0 Å². The first kappa shape index (κ1) is 15.6. The second-order valence-corrected chi connectivity index (χ2v) is 6.37. The first-order chi connectivity index (χ1) is 12.1. The van der Waals surface area contributed by atoms with Crippen molar-refractivity contribution in [1.82, 2.24) is 24.6 Å². The molecule has 1 aliphatic heterocycles.